The maximum absolute atomic E-state index is 8.76. The molecule has 0 aliphatic heterocycles. The van der Waals surface area contributed by atoms with E-state index in [0.717, 1.165) is 0 Å². The van der Waals surface area contributed by atoms with Gasteiger partial charge < -0.3 is 10.1 Å². The Morgan fingerprint density at radius 2 is 2.20 bits per heavy atom. The highest BCUT2D eigenvalue weighted by Gasteiger charge is 1.51. The molecule has 0 rings (SSSR count). The molecule has 0 saturated carbocycles. The molecule has 0 fully saturated rings. The Bertz CT molecular complexity index is 55.9. The van der Waals surface area contributed by atoms with E-state index in [0.29, 0.717) is 0 Å². The zero-order valence-corrected chi connectivity index (χ0v) is 2.16. The first-order valence-corrected chi connectivity index (χ1v) is 0.765. The number of hydrogen-bond acceptors (Lipinski definition) is 2. The second kappa shape index (κ2) is 1.33. The lowest BCUT2D eigenvalue weighted by atomic mass is 12.6. The summed E-state index contributed by atoms with van der Waals surface area (Å²) >= 11 is 0. The topological polar surface area (TPSA) is 77.8 Å². The van der Waals surface area contributed by atoms with Crippen molar-refractivity contribution in [3.63, 3.8) is 0 Å². The summed E-state index contributed by atoms with van der Waals surface area (Å²) in [5.41, 5.74) is 7.07. The van der Waals surface area contributed by atoms with Crippen molar-refractivity contribution in [3.05, 3.63) is 15.6 Å². The van der Waals surface area contributed by atoms with Crippen molar-refractivity contribution in [2.24, 2.45) is 5.22 Å². The standard InChI is InChI=1S/N3O2/c1-2-3(4)5/q-1. The molecule has 5 heavy (non-hydrogen) atoms. The highest BCUT2D eigenvalue weighted by atomic mass is 16.7. The van der Waals surface area contributed by atoms with Crippen LogP contribution in [-0.2, 0) is 0 Å². The predicted molar refractivity (Wildman–Crippen MR) is 12.8 cm³/mol. The van der Waals surface area contributed by atoms with Crippen LogP contribution >= 0.6 is 0 Å². The lowest BCUT2D eigenvalue weighted by Gasteiger charge is -1.83. The van der Waals surface area contributed by atoms with Gasteiger partial charge in [-0.1, -0.05) is 5.03 Å². The maximum atomic E-state index is 8.76. The van der Waals surface area contributed by atoms with E-state index in [1.807, 2.05) is 0 Å². The van der Waals surface area contributed by atoms with Crippen LogP contribution in [-0.4, -0.2) is 5.03 Å². The first-order chi connectivity index (χ1) is 2.27. The van der Waals surface area contributed by atoms with E-state index in [2.05, 4.69) is 0 Å². The fourth-order valence-corrected chi connectivity index (χ4v) is 0. The molecule has 5 heteroatoms. The van der Waals surface area contributed by atoms with Crippen molar-refractivity contribution >= 4 is 0 Å². The Hall–Kier alpha value is -1.00. The molecular formula is N3O2-. The van der Waals surface area contributed by atoms with Crippen molar-refractivity contribution in [1.82, 2.24) is 0 Å². The summed E-state index contributed by atoms with van der Waals surface area (Å²) in [6.45, 7) is 0. The lowest BCUT2D eigenvalue weighted by molar-refractivity contribution is -0.487. The molecule has 0 N–H and O–H groups in total. The molecular weight excluding hydrogens is 74.0 g/mol. The first kappa shape index (κ1) is 4.00. The minimum atomic E-state index is -1.19. The molecule has 28 valence electrons. The van der Waals surface area contributed by atoms with Gasteiger partial charge in [0.25, 0.3) is 0 Å². The average molecular weight is 74.0 g/mol. The van der Waals surface area contributed by atoms with Gasteiger partial charge in [-0.25, -0.2) is 0 Å². The van der Waals surface area contributed by atoms with Gasteiger partial charge in [-0.2, -0.15) is 0 Å². The Balaban J connectivity index is 3.20. The van der Waals surface area contributed by atoms with Gasteiger partial charge in [-0.15, -0.1) is 0 Å². The van der Waals surface area contributed by atoms with Crippen molar-refractivity contribution in [3.8, 4) is 0 Å². The molecule has 0 aliphatic rings. The first-order valence-electron chi connectivity index (χ1n) is 0.765. The van der Waals surface area contributed by atoms with Crippen LogP contribution in [0, 0.1) is 10.1 Å². The van der Waals surface area contributed by atoms with E-state index in [1.54, 1.807) is 5.22 Å². The number of rotatable bonds is 1. The number of nitro groups is 1. The lowest BCUT2D eigenvalue weighted by Crippen LogP contribution is -1.76. The van der Waals surface area contributed by atoms with Crippen molar-refractivity contribution in [2.75, 3.05) is 0 Å². The Labute approximate surface area is 27.2 Å². The van der Waals surface area contributed by atoms with Crippen LogP contribution in [0.15, 0.2) is 5.22 Å². The van der Waals surface area contributed by atoms with Crippen LogP contribution in [0.5, 0.6) is 0 Å². The fraction of sp³-hybridized carbons (Fsp3) is 0. The maximum Gasteiger partial charge on any atom is -0.00128 e. The molecule has 0 atom stereocenters. The van der Waals surface area contributed by atoms with Crippen LogP contribution in [0.1, 0.15) is 0 Å². The van der Waals surface area contributed by atoms with Gasteiger partial charge >= 0.3 is 0 Å². The van der Waals surface area contributed by atoms with E-state index in [4.69, 9.17) is 15.6 Å². The Morgan fingerprint density at radius 3 is 2.20 bits per heavy atom. The monoisotopic (exact) mass is 74.0 g/mol. The summed E-state index contributed by atoms with van der Waals surface area (Å²) in [5, 5.41) is 9.17. The highest BCUT2D eigenvalue weighted by Crippen LogP contribution is 1.60. The van der Waals surface area contributed by atoms with Crippen molar-refractivity contribution in [1.29, 1.82) is 0 Å². The van der Waals surface area contributed by atoms with Crippen molar-refractivity contribution < 1.29 is 5.03 Å². The molecule has 0 aromatic heterocycles. The summed E-state index contributed by atoms with van der Waals surface area (Å²) in [4.78, 5) is 8.76. The Kier molecular flexibility index (Phi) is 1.07. The van der Waals surface area contributed by atoms with Gasteiger partial charge in [0, 0.05) is 0 Å². The zero-order valence-electron chi connectivity index (χ0n) is 2.16. The van der Waals surface area contributed by atoms with Gasteiger partial charge in [0.05, 0.1) is 0 Å². The van der Waals surface area contributed by atoms with E-state index in [9.17, 15) is 0 Å². The smallest absolute Gasteiger partial charge is 0.00128 e. The van der Waals surface area contributed by atoms with E-state index in [-0.39, 0.29) is 0 Å². The molecule has 0 aromatic carbocycles. The SMILES string of the molecule is [N-]=N[N+](=O)[O-]. The van der Waals surface area contributed by atoms with Gasteiger partial charge in [0.15, 0.2) is 0 Å². The Morgan fingerprint density at radius 1 is 2.00 bits per heavy atom. The minimum Gasteiger partial charge on any atom is -0.443 e. The third kappa shape index (κ3) is 3.00. The molecule has 0 spiro atoms. The third-order valence-electron chi connectivity index (χ3n) is 0.0730. The van der Waals surface area contributed by atoms with Gasteiger partial charge in [-0.3, -0.25) is 0 Å². The summed E-state index contributed by atoms with van der Waals surface area (Å²) < 4.78 is 0. The van der Waals surface area contributed by atoms with Crippen LogP contribution in [0.25, 0.3) is 5.53 Å². The second-order valence-electron chi connectivity index (χ2n) is 0.327. The molecule has 0 amide bonds. The van der Waals surface area contributed by atoms with Crippen molar-refractivity contribution in [2.45, 2.75) is 0 Å². The predicted octanol–water partition coefficient (Wildman–Crippen LogP) is 0.200. The molecule has 0 aliphatic carbocycles. The van der Waals surface area contributed by atoms with Gasteiger partial charge in [0.2, 0.25) is 0 Å². The normalized spacial score (nSPS) is 6.40. The van der Waals surface area contributed by atoms with E-state index >= 15 is 0 Å². The summed E-state index contributed by atoms with van der Waals surface area (Å²) in [5.74, 6) is 0. The molecule has 5 nitrogen and oxygen atoms in total. The number of hydrogen-bond donors (Lipinski definition) is 0. The quantitative estimate of drug-likeness (QED) is 0.253. The van der Waals surface area contributed by atoms with Gasteiger partial charge in [0.1, 0.15) is 0 Å². The molecule has 0 heterocycles. The molecule has 0 aromatic rings. The van der Waals surface area contributed by atoms with E-state index < -0.39 is 5.03 Å². The second-order valence-corrected chi connectivity index (χ2v) is 0.327. The van der Waals surface area contributed by atoms with Crippen LogP contribution < -0.4 is 0 Å². The summed E-state index contributed by atoms with van der Waals surface area (Å²) in [6.07, 6.45) is 0. The van der Waals surface area contributed by atoms with Gasteiger partial charge in [-0.05, 0) is 10.8 Å². The summed E-state index contributed by atoms with van der Waals surface area (Å²) in [6, 6.07) is 0. The largest absolute Gasteiger partial charge is 0.443 e. The molecule has 0 unspecified atom stereocenters. The number of nitrogens with zero attached hydrogens (tertiary/aromatic N) is 3. The molecule has 0 radical (unpaired) electrons. The van der Waals surface area contributed by atoms with Crippen LogP contribution in [0.4, 0.5) is 0 Å². The molecule has 0 saturated heterocycles. The highest BCUT2D eigenvalue weighted by molar-refractivity contribution is 3.99. The van der Waals surface area contributed by atoms with Crippen LogP contribution in [0.2, 0.25) is 0 Å². The molecule has 0 bridgehead atoms. The fourth-order valence-electron chi connectivity index (χ4n) is 0. The third-order valence-corrected chi connectivity index (χ3v) is 0.0730. The van der Waals surface area contributed by atoms with Crippen LogP contribution in [0.3, 0.4) is 0 Å². The van der Waals surface area contributed by atoms with E-state index in [1.165, 1.54) is 0 Å². The average Bonchev–Trinajstić information content (AvgIpc) is 1.38. The minimum absolute atomic E-state index is 1.19. The zero-order chi connectivity index (χ0) is 4.28. The summed E-state index contributed by atoms with van der Waals surface area (Å²) in [7, 11) is 0.